The Kier molecular flexibility index (Phi) is 8.08. The van der Waals surface area contributed by atoms with Gasteiger partial charge < -0.3 is 9.64 Å². The summed E-state index contributed by atoms with van der Waals surface area (Å²) in [5, 5.41) is 0.446. The molecule has 0 N–H and O–H groups in total. The zero-order chi connectivity index (χ0) is 27.0. The molecule has 2 aromatic carbocycles. The summed E-state index contributed by atoms with van der Waals surface area (Å²) in [4.78, 5) is 15.5. The number of amides is 1. The molecular formula is C29H37ClFNO4S. The molecule has 0 radical (unpaired) electrons. The summed E-state index contributed by atoms with van der Waals surface area (Å²) in [7, 11) is -3.90. The van der Waals surface area contributed by atoms with Crippen molar-refractivity contribution in [2.75, 3.05) is 18.1 Å². The first-order valence-electron chi connectivity index (χ1n) is 13.1. The number of benzene rings is 2. The van der Waals surface area contributed by atoms with Gasteiger partial charge in [-0.05, 0) is 80.5 Å². The minimum atomic E-state index is -3.90. The number of nitrogens with zero attached hydrogens (tertiary/aromatic N) is 1. The van der Waals surface area contributed by atoms with Crippen LogP contribution in [0.2, 0.25) is 5.02 Å². The highest BCUT2D eigenvalue weighted by molar-refractivity contribution is 7.92. The Morgan fingerprint density at radius 2 is 1.68 bits per heavy atom. The molecule has 0 bridgehead atoms. The van der Waals surface area contributed by atoms with Crippen molar-refractivity contribution in [3.05, 3.63) is 58.9 Å². The average Bonchev–Trinajstić information content (AvgIpc) is 3.40. The molecule has 8 heteroatoms. The molecule has 0 aromatic heterocycles. The zero-order valence-electron chi connectivity index (χ0n) is 22.1. The molecule has 1 saturated heterocycles. The quantitative estimate of drug-likeness (QED) is 0.392. The smallest absolute Gasteiger partial charge is 0.232 e. The van der Waals surface area contributed by atoms with Crippen molar-refractivity contribution in [2.45, 2.75) is 81.9 Å². The second-order valence-corrected chi connectivity index (χ2v) is 14.1. The molecule has 0 spiro atoms. The van der Waals surface area contributed by atoms with Crippen molar-refractivity contribution in [1.29, 1.82) is 0 Å². The molecule has 4 rings (SSSR count). The number of hydrogen-bond acceptors (Lipinski definition) is 4. The summed E-state index contributed by atoms with van der Waals surface area (Å²) in [5.41, 5.74) is -0.109. The molecule has 2 fully saturated rings. The highest BCUT2D eigenvalue weighted by atomic mass is 35.5. The van der Waals surface area contributed by atoms with E-state index in [-0.39, 0.29) is 54.5 Å². The number of rotatable bonds is 6. The van der Waals surface area contributed by atoms with E-state index in [0.717, 1.165) is 25.7 Å². The monoisotopic (exact) mass is 549 g/mol. The van der Waals surface area contributed by atoms with Gasteiger partial charge in [0.25, 0.3) is 0 Å². The molecule has 1 atom stereocenters. The lowest BCUT2D eigenvalue weighted by molar-refractivity contribution is -0.126. The molecule has 1 aliphatic carbocycles. The van der Waals surface area contributed by atoms with Crippen LogP contribution in [0.1, 0.15) is 71.8 Å². The Hall–Kier alpha value is -1.96. The number of sulfone groups is 1. The number of ether oxygens (including phenoxy) is 1. The van der Waals surface area contributed by atoms with E-state index >= 15 is 4.39 Å². The minimum Gasteiger partial charge on any atom is -0.381 e. The van der Waals surface area contributed by atoms with Gasteiger partial charge in [0.05, 0.1) is 10.6 Å². The van der Waals surface area contributed by atoms with E-state index < -0.39 is 25.8 Å². The zero-order valence-corrected chi connectivity index (χ0v) is 23.7. The Labute approximate surface area is 225 Å². The van der Waals surface area contributed by atoms with Crippen LogP contribution in [-0.2, 0) is 24.1 Å². The van der Waals surface area contributed by atoms with Crippen LogP contribution in [0.5, 0.6) is 0 Å². The summed E-state index contributed by atoms with van der Waals surface area (Å²) in [6, 6.07) is 10.4. The third-order valence-electron chi connectivity index (χ3n) is 8.02. The van der Waals surface area contributed by atoms with Gasteiger partial charge >= 0.3 is 0 Å². The van der Waals surface area contributed by atoms with Crippen LogP contribution in [0, 0.1) is 17.2 Å². The van der Waals surface area contributed by atoms with Gasteiger partial charge in [0.15, 0.2) is 9.84 Å². The van der Waals surface area contributed by atoms with Gasteiger partial charge in [-0.15, -0.1) is 0 Å². The number of hydrogen-bond donors (Lipinski definition) is 0. The number of anilines is 1. The third kappa shape index (κ3) is 5.32. The van der Waals surface area contributed by atoms with E-state index in [9.17, 15) is 13.2 Å². The lowest BCUT2D eigenvalue weighted by Gasteiger charge is -2.40. The summed E-state index contributed by atoms with van der Waals surface area (Å²) in [5.74, 6) is -0.439. The lowest BCUT2D eigenvalue weighted by Crippen LogP contribution is -2.48. The highest BCUT2D eigenvalue weighted by Gasteiger charge is 2.48. The van der Waals surface area contributed by atoms with Gasteiger partial charge in [-0.3, -0.25) is 4.79 Å². The first-order chi connectivity index (χ1) is 17.4. The normalized spacial score (nSPS) is 19.5. The van der Waals surface area contributed by atoms with Crippen LogP contribution in [0.4, 0.5) is 10.1 Å². The predicted octanol–water partition coefficient (Wildman–Crippen LogP) is 6.92. The summed E-state index contributed by atoms with van der Waals surface area (Å²) in [6.45, 7) is 8.01. The first kappa shape index (κ1) is 28.1. The number of carbonyl (C=O) groups excluding carboxylic acids is 1. The maximum Gasteiger partial charge on any atom is 0.232 e. The Morgan fingerprint density at radius 3 is 2.24 bits per heavy atom. The molecule has 1 amide bonds. The van der Waals surface area contributed by atoms with Gasteiger partial charge in [-0.25, -0.2) is 12.8 Å². The van der Waals surface area contributed by atoms with Gasteiger partial charge in [-0.1, -0.05) is 51.3 Å². The number of halogens is 2. The van der Waals surface area contributed by atoms with Gasteiger partial charge in [0.2, 0.25) is 5.91 Å². The van der Waals surface area contributed by atoms with Crippen molar-refractivity contribution < 1.29 is 22.3 Å². The number of carbonyl (C=O) groups is 1. The molecule has 1 saturated carbocycles. The van der Waals surface area contributed by atoms with Crippen molar-refractivity contribution in [3.63, 3.8) is 0 Å². The van der Waals surface area contributed by atoms with Crippen LogP contribution in [-0.4, -0.2) is 33.6 Å². The first-order valence-corrected chi connectivity index (χ1v) is 15.0. The highest BCUT2D eigenvalue weighted by Crippen LogP contribution is 2.46. The van der Waals surface area contributed by atoms with Crippen LogP contribution < -0.4 is 4.90 Å². The third-order valence-corrected chi connectivity index (χ3v) is 10.8. The van der Waals surface area contributed by atoms with Crippen LogP contribution in [0.15, 0.2) is 47.4 Å². The van der Waals surface area contributed by atoms with Crippen LogP contribution in [0.3, 0.4) is 0 Å². The Bertz CT molecular complexity index is 1230. The molecule has 5 nitrogen and oxygen atoms in total. The van der Waals surface area contributed by atoms with Crippen molar-refractivity contribution in [2.24, 2.45) is 11.3 Å². The van der Waals surface area contributed by atoms with E-state index in [0.29, 0.717) is 10.6 Å². The second kappa shape index (κ2) is 10.7. The molecule has 202 valence electrons. The fourth-order valence-electron chi connectivity index (χ4n) is 5.76. The van der Waals surface area contributed by atoms with Gasteiger partial charge in [0, 0.05) is 29.7 Å². The van der Waals surface area contributed by atoms with E-state index in [2.05, 4.69) is 0 Å². The van der Waals surface area contributed by atoms with Crippen molar-refractivity contribution in [3.8, 4) is 0 Å². The fraction of sp³-hybridized carbons (Fsp3) is 0.552. The van der Waals surface area contributed by atoms with E-state index in [1.54, 1.807) is 29.2 Å². The van der Waals surface area contributed by atoms with Crippen LogP contribution in [0.25, 0.3) is 0 Å². The van der Waals surface area contributed by atoms with Crippen LogP contribution >= 0.6 is 11.6 Å². The maximum absolute atomic E-state index is 15.6. The standard InChI is InChI=1S/C29H37ClFNO4S/c1-20(21-7-5-6-8-21)32(27(33)28(2,3)4)26-19-22(9-14-25(26)31)29(15-17-36-18-16-29)37(34,35)24-12-10-23(30)11-13-24/h9-14,19-21H,5-8,15-18H2,1-4H3. The molecule has 2 aromatic rings. The predicted molar refractivity (Wildman–Crippen MR) is 145 cm³/mol. The topological polar surface area (TPSA) is 63.7 Å². The second-order valence-electron chi connectivity index (χ2n) is 11.4. The molecule has 2 aliphatic rings. The Balaban J connectivity index is 1.87. The molecular weight excluding hydrogens is 513 g/mol. The summed E-state index contributed by atoms with van der Waals surface area (Å²) < 4.78 is 48.1. The Morgan fingerprint density at radius 1 is 1.08 bits per heavy atom. The average molecular weight is 550 g/mol. The maximum atomic E-state index is 15.6. The van der Waals surface area contributed by atoms with E-state index in [1.807, 2.05) is 27.7 Å². The SMILES string of the molecule is CC(C1CCCC1)N(C(=O)C(C)(C)C)c1cc(C2(S(=O)(=O)c3ccc(Cl)cc3)CCOCC2)ccc1F. The van der Waals surface area contributed by atoms with Crippen molar-refractivity contribution >= 4 is 33.0 Å². The summed E-state index contributed by atoms with van der Waals surface area (Å²) >= 11 is 6.03. The van der Waals surface area contributed by atoms with Crippen molar-refractivity contribution in [1.82, 2.24) is 0 Å². The largest absolute Gasteiger partial charge is 0.381 e. The fourth-order valence-corrected chi connectivity index (χ4v) is 7.97. The van der Waals surface area contributed by atoms with E-state index in [4.69, 9.17) is 16.3 Å². The summed E-state index contributed by atoms with van der Waals surface area (Å²) in [6.07, 6.45) is 4.63. The lowest BCUT2D eigenvalue weighted by atomic mass is 9.88. The minimum absolute atomic E-state index is 0.147. The molecule has 1 unspecified atom stereocenters. The van der Waals surface area contributed by atoms with Gasteiger partial charge in [-0.2, -0.15) is 0 Å². The van der Waals surface area contributed by atoms with Gasteiger partial charge in [0.1, 0.15) is 10.6 Å². The molecule has 1 heterocycles. The molecule has 37 heavy (non-hydrogen) atoms. The van der Waals surface area contributed by atoms with E-state index in [1.165, 1.54) is 18.2 Å². The molecule has 1 aliphatic heterocycles.